The van der Waals surface area contributed by atoms with Gasteiger partial charge in [0, 0.05) is 38.0 Å². The van der Waals surface area contributed by atoms with Crippen molar-refractivity contribution in [3.63, 3.8) is 0 Å². The molecule has 0 radical (unpaired) electrons. The minimum atomic E-state index is -1.12. The molecule has 5 rings (SSSR count). The Morgan fingerprint density at radius 1 is 1.02 bits per heavy atom. The van der Waals surface area contributed by atoms with E-state index in [1.165, 1.54) is 6.07 Å². The van der Waals surface area contributed by atoms with E-state index in [-0.39, 0.29) is 17.2 Å². The number of rotatable bonds is 8. The molecule has 3 heterocycles. The fraction of sp³-hybridized carbons (Fsp3) is 0.194. The third kappa shape index (κ3) is 5.44. The van der Waals surface area contributed by atoms with E-state index in [2.05, 4.69) is 15.3 Å². The summed E-state index contributed by atoms with van der Waals surface area (Å²) >= 11 is 0. The predicted molar refractivity (Wildman–Crippen MR) is 156 cm³/mol. The van der Waals surface area contributed by atoms with Gasteiger partial charge in [-0.05, 0) is 73.5 Å². The number of para-hydroxylation sites is 1. The lowest BCUT2D eigenvalue weighted by Crippen LogP contribution is -2.25. The van der Waals surface area contributed by atoms with Crippen molar-refractivity contribution in [3.8, 4) is 5.75 Å². The molecule has 2 aromatic heterocycles. The van der Waals surface area contributed by atoms with Crippen molar-refractivity contribution in [2.75, 3.05) is 35.3 Å². The standard InChI is InChI=1S/C31H29N5O5/c1-4-36-27-23(30(38)35(3)25-10-7-14-32-28(25)36)17-20(18-33-27)13-15-41-26-12-11-21(16-19(26)2)29(37)34-24-9-6-5-8-22(24)31(39)40/h5-12,14,16-18H,4,13,15H2,1-3H3,(H,34,37)(H,39,40). The molecule has 2 aromatic carbocycles. The Morgan fingerprint density at radius 2 is 1.83 bits per heavy atom. The first-order chi connectivity index (χ1) is 19.8. The fourth-order valence-electron chi connectivity index (χ4n) is 4.76. The average molecular weight is 552 g/mol. The highest BCUT2D eigenvalue weighted by Crippen LogP contribution is 2.37. The van der Waals surface area contributed by atoms with Crippen LogP contribution < -0.4 is 19.9 Å². The van der Waals surface area contributed by atoms with Crippen LogP contribution in [0.15, 0.2) is 73.1 Å². The molecule has 1 aliphatic rings. The maximum atomic E-state index is 13.3. The number of carboxylic acids is 1. The van der Waals surface area contributed by atoms with E-state index in [1.807, 2.05) is 36.9 Å². The van der Waals surface area contributed by atoms with Crippen LogP contribution in [-0.4, -0.2) is 53.1 Å². The van der Waals surface area contributed by atoms with E-state index in [0.29, 0.717) is 48.1 Å². The number of nitrogens with zero attached hydrogens (tertiary/aromatic N) is 4. The average Bonchev–Trinajstić information content (AvgIpc) is 3.06. The van der Waals surface area contributed by atoms with Crippen molar-refractivity contribution in [2.24, 2.45) is 0 Å². The first kappa shape index (κ1) is 27.3. The van der Waals surface area contributed by atoms with Gasteiger partial charge in [0.2, 0.25) is 0 Å². The summed E-state index contributed by atoms with van der Waals surface area (Å²) < 4.78 is 6.00. The van der Waals surface area contributed by atoms with Crippen molar-refractivity contribution in [2.45, 2.75) is 20.3 Å². The SMILES string of the molecule is CCN1c2ncc(CCOc3ccc(C(=O)Nc4ccccc4C(=O)O)cc3C)cc2C(=O)N(C)c2cccnc21. The number of pyridine rings is 2. The molecule has 10 nitrogen and oxygen atoms in total. The summed E-state index contributed by atoms with van der Waals surface area (Å²) in [5.41, 5.74) is 3.45. The molecular weight excluding hydrogens is 522 g/mol. The monoisotopic (exact) mass is 551 g/mol. The van der Waals surface area contributed by atoms with Crippen molar-refractivity contribution >= 4 is 40.8 Å². The van der Waals surface area contributed by atoms with Gasteiger partial charge >= 0.3 is 5.97 Å². The minimum Gasteiger partial charge on any atom is -0.493 e. The Morgan fingerprint density at radius 3 is 2.59 bits per heavy atom. The molecule has 0 unspecified atom stereocenters. The third-order valence-corrected chi connectivity index (χ3v) is 6.90. The van der Waals surface area contributed by atoms with Crippen molar-refractivity contribution in [1.29, 1.82) is 0 Å². The second-order valence-electron chi connectivity index (χ2n) is 9.55. The summed E-state index contributed by atoms with van der Waals surface area (Å²) in [7, 11) is 1.74. The number of aromatic carboxylic acids is 1. The van der Waals surface area contributed by atoms with Gasteiger partial charge in [-0.3, -0.25) is 9.59 Å². The molecule has 0 atom stereocenters. The van der Waals surface area contributed by atoms with Crippen molar-refractivity contribution < 1.29 is 24.2 Å². The Balaban J connectivity index is 1.27. The van der Waals surface area contributed by atoms with E-state index >= 15 is 0 Å². The highest BCUT2D eigenvalue weighted by atomic mass is 16.5. The van der Waals surface area contributed by atoms with Crippen LogP contribution in [0.25, 0.3) is 0 Å². The summed E-state index contributed by atoms with van der Waals surface area (Å²) in [6.45, 7) is 4.77. The number of carboxylic acid groups (broad SMARTS) is 1. The van der Waals surface area contributed by atoms with Crippen LogP contribution in [0.4, 0.5) is 23.0 Å². The molecular formula is C31H29N5O5. The predicted octanol–water partition coefficient (Wildman–Crippen LogP) is 5.11. The number of ether oxygens (including phenoxy) is 1. The second kappa shape index (κ2) is 11.5. The van der Waals surface area contributed by atoms with Crippen LogP contribution in [0.1, 0.15) is 49.1 Å². The van der Waals surface area contributed by atoms with Crippen LogP contribution in [0.5, 0.6) is 5.75 Å². The quantitative estimate of drug-likeness (QED) is 0.310. The molecule has 0 saturated carbocycles. The lowest BCUT2D eigenvalue weighted by Gasteiger charge is -2.22. The zero-order chi connectivity index (χ0) is 29.1. The molecule has 0 saturated heterocycles. The Hall–Kier alpha value is -5.25. The normalized spacial score (nSPS) is 12.3. The van der Waals surface area contributed by atoms with Crippen LogP contribution in [0.3, 0.4) is 0 Å². The van der Waals surface area contributed by atoms with Crippen LogP contribution in [0, 0.1) is 6.92 Å². The molecule has 10 heteroatoms. The van der Waals surface area contributed by atoms with Crippen LogP contribution in [-0.2, 0) is 6.42 Å². The molecule has 4 aromatic rings. The topological polar surface area (TPSA) is 125 Å². The number of anilines is 4. The van der Waals surface area contributed by atoms with Crippen molar-refractivity contribution in [3.05, 3.63) is 101 Å². The highest BCUT2D eigenvalue weighted by molar-refractivity contribution is 6.12. The van der Waals surface area contributed by atoms with Gasteiger partial charge in [0.15, 0.2) is 5.82 Å². The van der Waals surface area contributed by atoms with Gasteiger partial charge < -0.3 is 25.0 Å². The van der Waals surface area contributed by atoms with Gasteiger partial charge in [-0.2, -0.15) is 0 Å². The third-order valence-electron chi connectivity index (χ3n) is 6.90. The van der Waals surface area contributed by atoms with E-state index in [0.717, 1.165) is 16.8 Å². The second-order valence-corrected chi connectivity index (χ2v) is 9.55. The summed E-state index contributed by atoms with van der Waals surface area (Å²) in [4.78, 5) is 50.2. The number of aromatic nitrogens is 2. The molecule has 2 N–H and O–H groups in total. The van der Waals surface area contributed by atoms with E-state index in [1.54, 1.807) is 60.7 Å². The smallest absolute Gasteiger partial charge is 0.337 e. The first-order valence-electron chi connectivity index (χ1n) is 13.1. The van der Waals surface area contributed by atoms with Gasteiger partial charge in [0.1, 0.15) is 11.6 Å². The summed E-state index contributed by atoms with van der Waals surface area (Å²) in [5, 5.41) is 12.0. The van der Waals surface area contributed by atoms with E-state index in [9.17, 15) is 19.5 Å². The number of carbonyl (C=O) groups excluding carboxylic acids is 2. The summed E-state index contributed by atoms with van der Waals surface area (Å²) in [5.74, 6) is 0.180. The van der Waals surface area contributed by atoms with Gasteiger partial charge in [-0.15, -0.1) is 0 Å². The van der Waals surface area contributed by atoms with Gasteiger partial charge in [-0.25, -0.2) is 14.8 Å². The molecule has 2 amide bonds. The molecule has 0 fully saturated rings. The number of fused-ring (bicyclic) bond motifs is 2. The van der Waals surface area contributed by atoms with E-state index < -0.39 is 11.9 Å². The lowest BCUT2D eigenvalue weighted by atomic mass is 10.1. The van der Waals surface area contributed by atoms with Gasteiger partial charge in [0.05, 0.1) is 29.1 Å². The number of amides is 2. The number of benzene rings is 2. The molecule has 1 aliphatic heterocycles. The molecule has 0 bridgehead atoms. The maximum absolute atomic E-state index is 13.3. The largest absolute Gasteiger partial charge is 0.493 e. The summed E-state index contributed by atoms with van der Waals surface area (Å²) in [6.07, 6.45) is 3.97. The Labute approximate surface area is 237 Å². The molecule has 0 spiro atoms. The number of hydrogen-bond acceptors (Lipinski definition) is 7. The Bertz CT molecular complexity index is 1650. The van der Waals surface area contributed by atoms with Crippen molar-refractivity contribution in [1.82, 2.24) is 9.97 Å². The van der Waals surface area contributed by atoms with E-state index in [4.69, 9.17) is 4.74 Å². The first-order valence-corrected chi connectivity index (χ1v) is 13.1. The fourth-order valence-corrected chi connectivity index (χ4v) is 4.76. The highest BCUT2D eigenvalue weighted by Gasteiger charge is 2.30. The number of hydrogen-bond donors (Lipinski definition) is 2. The van der Waals surface area contributed by atoms with Crippen LogP contribution in [0.2, 0.25) is 0 Å². The zero-order valence-electron chi connectivity index (χ0n) is 22.9. The molecule has 41 heavy (non-hydrogen) atoms. The Kier molecular flexibility index (Phi) is 7.64. The number of nitrogens with one attached hydrogen (secondary N) is 1. The lowest BCUT2D eigenvalue weighted by molar-refractivity contribution is 0.0697. The maximum Gasteiger partial charge on any atom is 0.337 e. The molecule has 208 valence electrons. The number of carbonyl (C=O) groups is 3. The van der Waals surface area contributed by atoms with Gasteiger partial charge in [0.25, 0.3) is 11.8 Å². The zero-order valence-corrected chi connectivity index (χ0v) is 22.9. The van der Waals surface area contributed by atoms with Gasteiger partial charge in [-0.1, -0.05) is 12.1 Å². The van der Waals surface area contributed by atoms with Crippen LogP contribution >= 0.6 is 0 Å². The minimum absolute atomic E-state index is 0.0155. The molecule has 0 aliphatic carbocycles. The summed E-state index contributed by atoms with van der Waals surface area (Å²) in [6, 6.07) is 16.8. The number of aryl methyl sites for hydroxylation is 1.